The maximum Gasteiger partial charge on any atom is 0.244 e. The summed E-state index contributed by atoms with van der Waals surface area (Å²) in [5, 5.41) is 2.76. The second-order valence-electron chi connectivity index (χ2n) is 3.32. The van der Waals surface area contributed by atoms with Crippen molar-refractivity contribution in [1.82, 2.24) is 5.32 Å². The zero-order valence-electron chi connectivity index (χ0n) is 8.03. The molecule has 1 heterocycles. The zero-order valence-corrected chi connectivity index (χ0v) is 8.03. The number of hydrogen-bond donors (Lipinski definition) is 1. The van der Waals surface area contributed by atoms with Crippen LogP contribution >= 0.6 is 0 Å². The number of nitrogens with one attached hydrogen (secondary N) is 1. The Kier molecular flexibility index (Phi) is 2.23. The fraction of sp³-hybridized carbons (Fsp3) is 0.182. The first-order valence-corrected chi connectivity index (χ1v) is 4.56. The fourth-order valence-corrected chi connectivity index (χ4v) is 1.51. The molecule has 0 aliphatic carbocycles. The third-order valence-corrected chi connectivity index (χ3v) is 2.09. The molecule has 0 bridgehead atoms. The van der Waals surface area contributed by atoms with E-state index in [0.29, 0.717) is 6.54 Å². The van der Waals surface area contributed by atoms with E-state index in [1.165, 1.54) is 0 Å². The number of nitrogens with zero attached hydrogens (tertiary/aromatic N) is 1. The molecule has 1 aromatic carbocycles. The zero-order chi connectivity index (χ0) is 9.97. The van der Waals surface area contributed by atoms with Crippen LogP contribution in [0.1, 0.15) is 6.92 Å². The highest BCUT2D eigenvalue weighted by atomic mass is 16.2. The van der Waals surface area contributed by atoms with Crippen molar-refractivity contribution >= 4 is 11.6 Å². The molecule has 14 heavy (non-hydrogen) atoms. The van der Waals surface area contributed by atoms with Crippen molar-refractivity contribution in [3.8, 4) is 0 Å². The van der Waals surface area contributed by atoms with Gasteiger partial charge in [-0.25, -0.2) is 0 Å². The van der Waals surface area contributed by atoms with Gasteiger partial charge in [0.25, 0.3) is 0 Å². The molecule has 1 aliphatic heterocycles. The summed E-state index contributed by atoms with van der Waals surface area (Å²) in [5.41, 5.74) is 1.92. The van der Waals surface area contributed by atoms with Crippen LogP contribution in [0.4, 0.5) is 5.69 Å². The lowest BCUT2D eigenvalue weighted by atomic mass is 10.2. The number of hydrogen-bond acceptors (Lipinski definition) is 2. The van der Waals surface area contributed by atoms with Gasteiger partial charge in [0, 0.05) is 17.6 Å². The van der Waals surface area contributed by atoms with E-state index in [2.05, 4.69) is 5.32 Å². The number of benzene rings is 1. The van der Waals surface area contributed by atoms with E-state index in [1.807, 2.05) is 48.4 Å². The van der Waals surface area contributed by atoms with Crippen LogP contribution in [0.25, 0.3) is 0 Å². The third kappa shape index (κ3) is 1.76. The average molecular weight is 188 g/mol. The van der Waals surface area contributed by atoms with Gasteiger partial charge in [0.15, 0.2) is 0 Å². The summed E-state index contributed by atoms with van der Waals surface area (Å²) in [6.07, 6.45) is 1.94. The highest BCUT2D eigenvalue weighted by Gasteiger charge is 2.14. The second kappa shape index (κ2) is 3.54. The Morgan fingerprint density at radius 2 is 2.00 bits per heavy atom. The van der Waals surface area contributed by atoms with Gasteiger partial charge >= 0.3 is 0 Å². The number of anilines is 1. The number of carbonyl (C=O) groups excluding carboxylic acids is 1. The van der Waals surface area contributed by atoms with Crippen LogP contribution in [-0.2, 0) is 4.79 Å². The molecule has 1 amide bonds. The summed E-state index contributed by atoms with van der Waals surface area (Å²) < 4.78 is 0. The maximum atomic E-state index is 11.3. The van der Waals surface area contributed by atoms with Crippen molar-refractivity contribution in [2.45, 2.75) is 6.92 Å². The summed E-state index contributed by atoms with van der Waals surface area (Å²) >= 11 is 0. The number of amides is 1. The summed E-state index contributed by atoms with van der Waals surface area (Å²) in [6, 6.07) is 9.87. The van der Waals surface area contributed by atoms with Gasteiger partial charge in [0.2, 0.25) is 5.91 Å². The lowest BCUT2D eigenvalue weighted by Crippen LogP contribution is -2.39. The Balaban J connectivity index is 2.28. The topological polar surface area (TPSA) is 32.3 Å². The molecule has 0 spiro atoms. The molecule has 0 saturated carbocycles. The number of allylic oxidation sites excluding steroid dienone is 1. The van der Waals surface area contributed by atoms with Crippen molar-refractivity contribution in [2.24, 2.45) is 0 Å². The molecular formula is C11H12N2O. The van der Waals surface area contributed by atoms with E-state index in [1.54, 1.807) is 0 Å². The molecule has 1 aromatic rings. The van der Waals surface area contributed by atoms with E-state index in [-0.39, 0.29) is 5.91 Å². The Morgan fingerprint density at radius 3 is 2.64 bits per heavy atom. The molecule has 1 aliphatic rings. The minimum absolute atomic E-state index is 0.0360. The molecule has 1 N–H and O–H groups in total. The first-order valence-electron chi connectivity index (χ1n) is 4.56. The van der Waals surface area contributed by atoms with Crippen LogP contribution in [0.5, 0.6) is 0 Å². The van der Waals surface area contributed by atoms with Crippen molar-refractivity contribution in [3.63, 3.8) is 0 Å². The minimum atomic E-state index is 0.0360. The molecule has 0 atom stereocenters. The van der Waals surface area contributed by atoms with Crippen molar-refractivity contribution in [2.75, 3.05) is 11.4 Å². The van der Waals surface area contributed by atoms with Crippen LogP contribution in [0.2, 0.25) is 0 Å². The lowest BCUT2D eigenvalue weighted by molar-refractivity contribution is -0.119. The van der Waals surface area contributed by atoms with Gasteiger partial charge in [-0.3, -0.25) is 4.79 Å². The quantitative estimate of drug-likeness (QED) is 0.724. The SMILES string of the molecule is CC1=CN(c2ccccc2)CC(=O)N1. The molecule has 3 heteroatoms. The van der Waals surface area contributed by atoms with Crippen molar-refractivity contribution in [1.29, 1.82) is 0 Å². The molecule has 0 unspecified atom stereocenters. The van der Waals surface area contributed by atoms with E-state index in [0.717, 1.165) is 11.4 Å². The van der Waals surface area contributed by atoms with Gasteiger partial charge in [-0.15, -0.1) is 0 Å². The van der Waals surface area contributed by atoms with E-state index < -0.39 is 0 Å². The van der Waals surface area contributed by atoms with E-state index in [4.69, 9.17) is 0 Å². The maximum absolute atomic E-state index is 11.3. The van der Waals surface area contributed by atoms with Crippen molar-refractivity contribution in [3.05, 3.63) is 42.2 Å². The Morgan fingerprint density at radius 1 is 1.29 bits per heavy atom. The van der Waals surface area contributed by atoms with Crippen LogP contribution in [0.3, 0.4) is 0 Å². The molecule has 72 valence electrons. The molecule has 2 rings (SSSR count). The van der Waals surface area contributed by atoms with Crippen LogP contribution < -0.4 is 10.2 Å². The molecular weight excluding hydrogens is 176 g/mol. The fourth-order valence-electron chi connectivity index (χ4n) is 1.51. The Labute approximate surface area is 83.0 Å². The predicted molar refractivity (Wildman–Crippen MR) is 55.7 cm³/mol. The molecule has 0 aromatic heterocycles. The first-order chi connectivity index (χ1) is 6.75. The molecule has 0 saturated heterocycles. The van der Waals surface area contributed by atoms with Gasteiger partial charge in [-0.1, -0.05) is 18.2 Å². The largest absolute Gasteiger partial charge is 0.337 e. The Hall–Kier alpha value is -1.77. The molecule has 0 radical (unpaired) electrons. The monoisotopic (exact) mass is 188 g/mol. The summed E-state index contributed by atoms with van der Waals surface area (Å²) in [7, 11) is 0. The van der Waals surface area contributed by atoms with Crippen molar-refractivity contribution < 1.29 is 4.79 Å². The minimum Gasteiger partial charge on any atom is -0.337 e. The number of para-hydroxylation sites is 1. The predicted octanol–water partition coefficient (Wildman–Crippen LogP) is 1.48. The van der Waals surface area contributed by atoms with Crippen LogP contribution in [-0.4, -0.2) is 12.5 Å². The van der Waals surface area contributed by atoms with E-state index >= 15 is 0 Å². The van der Waals surface area contributed by atoms with E-state index in [9.17, 15) is 4.79 Å². The summed E-state index contributed by atoms with van der Waals surface area (Å²) in [6.45, 7) is 2.27. The Bertz CT molecular complexity index is 370. The van der Waals surface area contributed by atoms with Crippen LogP contribution in [0, 0.1) is 0 Å². The van der Waals surface area contributed by atoms with Gasteiger partial charge in [0.05, 0.1) is 0 Å². The number of rotatable bonds is 1. The standard InChI is InChI=1S/C11H12N2O/c1-9-7-13(8-11(14)12-9)10-5-3-2-4-6-10/h2-7H,8H2,1H3,(H,12,14). The van der Waals surface area contributed by atoms with Gasteiger partial charge in [-0.2, -0.15) is 0 Å². The summed E-state index contributed by atoms with van der Waals surface area (Å²) in [5.74, 6) is 0.0360. The molecule has 3 nitrogen and oxygen atoms in total. The number of carbonyl (C=O) groups is 1. The normalized spacial score (nSPS) is 16.2. The average Bonchev–Trinajstić information content (AvgIpc) is 2.18. The highest BCUT2D eigenvalue weighted by Crippen LogP contribution is 2.15. The smallest absolute Gasteiger partial charge is 0.244 e. The first kappa shape index (κ1) is 8.81. The van der Waals surface area contributed by atoms with Gasteiger partial charge in [0.1, 0.15) is 6.54 Å². The highest BCUT2D eigenvalue weighted by molar-refractivity contribution is 5.85. The second-order valence-corrected chi connectivity index (χ2v) is 3.32. The van der Waals surface area contributed by atoms with Gasteiger partial charge in [-0.05, 0) is 19.1 Å². The van der Waals surface area contributed by atoms with Crippen LogP contribution in [0.15, 0.2) is 42.2 Å². The third-order valence-electron chi connectivity index (χ3n) is 2.09. The molecule has 0 fully saturated rings. The lowest BCUT2D eigenvalue weighted by Gasteiger charge is -2.25. The summed E-state index contributed by atoms with van der Waals surface area (Å²) in [4.78, 5) is 13.2. The van der Waals surface area contributed by atoms with Gasteiger partial charge < -0.3 is 10.2 Å².